The van der Waals surface area contributed by atoms with Crippen LogP contribution in [0.4, 0.5) is 0 Å². The van der Waals surface area contributed by atoms with E-state index >= 15 is 0 Å². The lowest BCUT2D eigenvalue weighted by Gasteiger charge is -2.12. The molecule has 4 heteroatoms. The Hall–Kier alpha value is -0.870. The van der Waals surface area contributed by atoms with Gasteiger partial charge in [-0.05, 0) is 36.0 Å². The molecule has 0 radical (unpaired) electrons. The number of primary sulfonamides is 1. The summed E-state index contributed by atoms with van der Waals surface area (Å²) in [5.41, 5.74) is 1.84. The van der Waals surface area contributed by atoms with Crippen LogP contribution >= 0.6 is 0 Å². The fourth-order valence-corrected chi connectivity index (χ4v) is 2.60. The number of hydrogen-bond acceptors (Lipinski definition) is 2. The largest absolute Gasteiger partial charge is 0.238 e. The standard InChI is InChI=1S/C13H21NO2S/c1-4-5-6-11-7-8-12(10(2)3)9-13(11)17(14,15)16/h7-10H,4-6H2,1-3H3,(H2,14,15,16). The van der Waals surface area contributed by atoms with Crippen LogP contribution in [0.3, 0.4) is 0 Å². The lowest BCUT2D eigenvalue weighted by molar-refractivity contribution is 0.595. The molecule has 2 N–H and O–H groups in total. The first-order chi connectivity index (χ1) is 7.86. The van der Waals surface area contributed by atoms with Crippen LogP contribution in [0.25, 0.3) is 0 Å². The zero-order chi connectivity index (χ0) is 13.1. The molecule has 0 saturated carbocycles. The summed E-state index contributed by atoms with van der Waals surface area (Å²) in [5, 5.41) is 5.27. The number of aryl methyl sites for hydroxylation is 1. The van der Waals surface area contributed by atoms with E-state index in [0.29, 0.717) is 5.92 Å². The van der Waals surface area contributed by atoms with Gasteiger partial charge in [0.15, 0.2) is 0 Å². The highest BCUT2D eigenvalue weighted by atomic mass is 32.2. The molecule has 96 valence electrons. The van der Waals surface area contributed by atoms with Crippen molar-refractivity contribution in [3.63, 3.8) is 0 Å². The Balaban J connectivity index is 3.22. The second-order valence-electron chi connectivity index (χ2n) is 4.67. The summed E-state index contributed by atoms with van der Waals surface area (Å²) in [7, 11) is -3.62. The summed E-state index contributed by atoms with van der Waals surface area (Å²) in [6, 6.07) is 5.60. The van der Waals surface area contributed by atoms with E-state index in [1.54, 1.807) is 6.07 Å². The second kappa shape index (κ2) is 5.65. The predicted molar refractivity (Wildman–Crippen MR) is 70.5 cm³/mol. The smallest absolute Gasteiger partial charge is 0.225 e. The molecule has 1 rings (SSSR count). The van der Waals surface area contributed by atoms with Crippen LogP contribution in [0.5, 0.6) is 0 Å². The Morgan fingerprint density at radius 1 is 1.29 bits per heavy atom. The van der Waals surface area contributed by atoms with Gasteiger partial charge in [0.2, 0.25) is 10.0 Å². The number of rotatable bonds is 5. The fraction of sp³-hybridized carbons (Fsp3) is 0.538. The number of sulfonamides is 1. The van der Waals surface area contributed by atoms with Crippen LogP contribution in [0.2, 0.25) is 0 Å². The van der Waals surface area contributed by atoms with Gasteiger partial charge < -0.3 is 0 Å². The molecule has 1 aromatic carbocycles. The summed E-state index contributed by atoms with van der Waals surface area (Å²) in [5.74, 6) is 0.302. The van der Waals surface area contributed by atoms with Gasteiger partial charge in [-0.15, -0.1) is 0 Å². The van der Waals surface area contributed by atoms with Gasteiger partial charge in [-0.3, -0.25) is 0 Å². The highest BCUT2D eigenvalue weighted by Crippen LogP contribution is 2.23. The second-order valence-corrected chi connectivity index (χ2v) is 6.20. The zero-order valence-electron chi connectivity index (χ0n) is 10.7. The molecule has 0 aliphatic carbocycles. The molecule has 0 amide bonds. The van der Waals surface area contributed by atoms with Crippen LogP contribution in [0, 0.1) is 0 Å². The molecule has 0 aliphatic rings. The molecule has 0 saturated heterocycles. The molecule has 0 aliphatic heterocycles. The zero-order valence-corrected chi connectivity index (χ0v) is 11.5. The molecule has 0 fully saturated rings. The minimum Gasteiger partial charge on any atom is -0.225 e. The molecule has 0 bridgehead atoms. The van der Waals surface area contributed by atoms with Gasteiger partial charge in [-0.2, -0.15) is 0 Å². The van der Waals surface area contributed by atoms with Crippen LogP contribution in [0.15, 0.2) is 23.1 Å². The summed E-state index contributed by atoms with van der Waals surface area (Å²) in [6.45, 7) is 6.15. The van der Waals surface area contributed by atoms with Crippen molar-refractivity contribution in [3.05, 3.63) is 29.3 Å². The van der Waals surface area contributed by atoms with Crippen molar-refractivity contribution in [1.82, 2.24) is 0 Å². The van der Waals surface area contributed by atoms with E-state index in [0.717, 1.165) is 30.4 Å². The van der Waals surface area contributed by atoms with Gasteiger partial charge in [0, 0.05) is 0 Å². The van der Waals surface area contributed by atoms with Crippen LogP contribution in [0.1, 0.15) is 50.7 Å². The molecule has 0 spiro atoms. The Morgan fingerprint density at radius 2 is 1.94 bits per heavy atom. The third kappa shape index (κ3) is 3.82. The minimum atomic E-state index is -3.62. The average Bonchev–Trinajstić information content (AvgIpc) is 2.24. The van der Waals surface area contributed by atoms with Gasteiger partial charge in [0.1, 0.15) is 0 Å². The molecule has 0 heterocycles. The molecule has 0 atom stereocenters. The maximum absolute atomic E-state index is 11.6. The first-order valence-corrected chi connectivity index (χ1v) is 7.56. The Bertz CT molecular complexity index is 478. The monoisotopic (exact) mass is 255 g/mol. The average molecular weight is 255 g/mol. The van der Waals surface area contributed by atoms with Crippen LogP contribution < -0.4 is 5.14 Å². The van der Waals surface area contributed by atoms with Gasteiger partial charge in [-0.1, -0.05) is 39.3 Å². The summed E-state index contributed by atoms with van der Waals surface area (Å²) in [4.78, 5) is 0.289. The minimum absolute atomic E-state index is 0.289. The molecule has 3 nitrogen and oxygen atoms in total. The third-order valence-corrected chi connectivity index (χ3v) is 3.86. The Kier molecular flexibility index (Phi) is 4.71. The maximum Gasteiger partial charge on any atom is 0.238 e. The summed E-state index contributed by atoms with van der Waals surface area (Å²) in [6.07, 6.45) is 2.78. The summed E-state index contributed by atoms with van der Waals surface area (Å²) >= 11 is 0. The maximum atomic E-state index is 11.6. The number of nitrogens with two attached hydrogens (primary N) is 1. The molecule has 1 aromatic rings. The van der Waals surface area contributed by atoms with Crippen molar-refractivity contribution in [2.45, 2.75) is 50.8 Å². The van der Waals surface area contributed by atoms with Crippen molar-refractivity contribution in [2.75, 3.05) is 0 Å². The highest BCUT2D eigenvalue weighted by molar-refractivity contribution is 7.89. The topological polar surface area (TPSA) is 60.2 Å². The Morgan fingerprint density at radius 3 is 2.41 bits per heavy atom. The van der Waals surface area contributed by atoms with Crippen molar-refractivity contribution < 1.29 is 8.42 Å². The number of benzene rings is 1. The number of unbranched alkanes of at least 4 members (excludes halogenated alkanes) is 1. The molecular formula is C13H21NO2S. The van der Waals surface area contributed by atoms with E-state index in [2.05, 4.69) is 6.92 Å². The molecular weight excluding hydrogens is 234 g/mol. The Labute approximate surface area is 104 Å². The van der Waals surface area contributed by atoms with E-state index in [1.165, 1.54) is 0 Å². The van der Waals surface area contributed by atoms with Crippen molar-refractivity contribution in [3.8, 4) is 0 Å². The first kappa shape index (κ1) is 14.2. The van der Waals surface area contributed by atoms with E-state index in [9.17, 15) is 8.42 Å². The van der Waals surface area contributed by atoms with Crippen LogP contribution in [-0.2, 0) is 16.4 Å². The fourth-order valence-electron chi connectivity index (χ4n) is 1.77. The van der Waals surface area contributed by atoms with Crippen LogP contribution in [-0.4, -0.2) is 8.42 Å². The van der Waals surface area contributed by atoms with E-state index in [-0.39, 0.29) is 4.90 Å². The summed E-state index contributed by atoms with van der Waals surface area (Å²) < 4.78 is 23.1. The van der Waals surface area contributed by atoms with Crippen molar-refractivity contribution in [1.29, 1.82) is 0 Å². The predicted octanol–water partition coefficient (Wildman–Crippen LogP) is 2.80. The molecule has 17 heavy (non-hydrogen) atoms. The SMILES string of the molecule is CCCCc1ccc(C(C)C)cc1S(N)(=O)=O. The van der Waals surface area contributed by atoms with Gasteiger partial charge in [-0.25, -0.2) is 13.6 Å². The quantitative estimate of drug-likeness (QED) is 0.879. The van der Waals surface area contributed by atoms with Crippen molar-refractivity contribution in [2.24, 2.45) is 5.14 Å². The highest BCUT2D eigenvalue weighted by Gasteiger charge is 2.15. The van der Waals surface area contributed by atoms with E-state index in [1.807, 2.05) is 26.0 Å². The molecule has 0 unspecified atom stereocenters. The lowest BCUT2D eigenvalue weighted by Crippen LogP contribution is -2.15. The van der Waals surface area contributed by atoms with E-state index < -0.39 is 10.0 Å². The molecule has 0 aromatic heterocycles. The van der Waals surface area contributed by atoms with Gasteiger partial charge >= 0.3 is 0 Å². The number of hydrogen-bond donors (Lipinski definition) is 1. The van der Waals surface area contributed by atoms with Gasteiger partial charge in [0.25, 0.3) is 0 Å². The lowest BCUT2D eigenvalue weighted by atomic mass is 10.00. The van der Waals surface area contributed by atoms with Gasteiger partial charge in [0.05, 0.1) is 4.90 Å². The normalized spacial score (nSPS) is 12.1. The van der Waals surface area contributed by atoms with E-state index in [4.69, 9.17) is 5.14 Å². The first-order valence-electron chi connectivity index (χ1n) is 6.02. The third-order valence-electron chi connectivity index (χ3n) is 2.86. The van der Waals surface area contributed by atoms with Crippen molar-refractivity contribution >= 4 is 10.0 Å².